The molecule has 1 fully saturated rings. The summed E-state index contributed by atoms with van der Waals surface area (Å²) in [6.07, 6.45) is 6.41. The zero-order chi connectivity index (χ0) is 14.8. The fourth-order valence-electron chi connectivity index (χ4n) is 3.73. The van der Waals surface area contributed by atoms with E-state index in [1.54, 1.807) is 12.1 Å². The monoisotopic (exact) mass is 289 g/mol. The van der Waals surface area contributed by atoms with Crippen LogP contribution in [0.3, 0.4) is 0 Å². The van der Waals surface area contributed by atoms with Crippen LogP contribution in [-0.2, 0) is 0 Å². The van der Waals surface area contributed by atoms with Crippen molar-refractivity contribution in [2.45, 2.75) is 45.1 Å². The highest BCUT2D eigenvalue weighted by Crippen LogP contribution is 2.39. The van der Waals surface area contributed by atoms with Crippen LogP contribution in [0.4, 0.5) is 4.39 Å². The molecular weight excluding hydrogens is 265 g/mol. The van der Waals surface area contributed by atoms with E-state index in [-0.39, 0.29) is 11.9 Å². The van der Waals surface area contributed by atoms with Crippen molar-refractivity contribution in [3.05, 3.63) is 35.8 Å². The Bertz CT molecular complexity index is 598. The first-order valence-corrected chi connectivity index (χ1v) is 8.07. The average molecular weight is 289 g/mol. The minimum atomic E-state index is -0.209. The summed E-state index contributed by atoms with van der Waals surface area (Å²) in [7, 11) is 1.99. The number of nitrogens with one attached hydrogen (secondary N) is 1. The van der Waals surface area contributed by atoms with Crippen molar-refractivity contribution in [1.29, 1.82) is 0 Å². The van der Waals surface area contributed by atoms with Crippen molar-refractivity contribution in [3.63, 3.8) is 0 Å². The van der Waals surface area contributed by atoms with Crippen molar-refractivity contribution < 1.29 is 8.81 Å². The fraction of sp³-hybridized carbons (Fsp3) is 0.556. The van der Waals surface area contributed by atoms with E-state index >= 15 is 0 Å². The van der Waals surface area contributed by atoms with E-state index < -0.39 is 0 Å². The van der Waals surface area contributed by atoms with E-state index in [1.165, 1.54) is 38.2 Å². The smallest absolute Gasteiger partial charge is 0.134 e. The number of benzene rings is 1. The largest absolute Gasteiger partial charge is 0.459 e. The van der Waals surface area contributed by atoms with Crippen LogP contribution in [0, 0.1) is 17.7 Å². The second-order valence-corrected chi connectivity index (χ2v) is 6.29. The highest BCUT2D eigenvalue weighted by Gasteiger charge is 2.29. The van der Waals surface area contributed by atoms with Crippen LogP contribution in [0.2, 0.25) is 0 Å². The van der Waals surface area contributed by atoms with Gasteiger partial charge in [-0.2, -0.15) is 0 Å². The lowest BCUT2D eigenvalue weighted by atomic mass is 9.77. The van der Waals surface area contributed by atoms with Gasteiger partial charge in [0.15, 0.2) is 0 Å². The molecule has 1 saturated carbocycles. The van der Waals surface area contributed by atoms with Gasteiger partial charge in [0.25, 0.3) is 0 Å². The van der Waals surface area contributed by atoms with Gasteiger partial charge in [-0.05, 0) is 56.0 Å². The van der Waals surface area contributed by atoms with Gasteiger partial charge >= 0.3 is 0 Å². The quantitative estimate of drug-likeness (QED) is 0.852. The first kappa shape index (κ1) is 14.6. The molecule has 0 bridgehead atoms. The number of halogens is 1. The number of fused-ring (bicyclic) bond motifs is 1. The molecule has 0 saturated heterocycles. The van der Waals surface area contributed by atoms with Crippen molar-refractivity contribution >= 4 is 11.0 Å². The van der Waals surface area contributed by atoms with E-state index in [0.29, 0.717) is 5.92 Å². The molecule has 1 heterocycles. The number of hydrogen-bond donors (Lipinski definition) is 1. The van der Waals surface area contributed by atoms with Crippen LogP contribution in [0.5, 0.6) is 0 Å². The van der Waals surface area contributed by atoms with Crippen molar-refractivity contribution in [1.82, 2.24) is 5.32 Å². The van der Waals surface area contributed by atoms with Gasteiger partial charge < -0.3 is 9.73 Å². The molecule has 1 aliphatic carbocycles. The normalized spacial score (nSPS) is 24.3. The summed E-state index contributed by atoms with van der Waals surface area (Å²) in [5.41, 5.74) is 0.772. The third-order valence-corrected chi connectivity index (χ3v) is 5.06. The van der Waals surface area contributed by atoms with Crippen LogP contribution in [0.15, 0.2) is 28.7 Å². The maximum Gasteiger partial charge on any atom is 0.134 e. The zero-order valence-corrected chi connectivity index (χ0v) is 12.9. The summed E-state index contributed by atoms with van der Waals surface area (Å²) < 4.78 is 19.3. The lowest BCUT2D eigenvalue weighted by molar-refractivity contribution is 0.210. The predicted molar refractivity (Wildman–Crippen MR) is 83.7 cm³/mol. The van der Waals surface area contributed by atoms with Gasteiger partial charge in [-0.15, -0.1) is 0 Å². The Morgan fingerprint density at radius 1 is 1.24 bits per heavy atom. The third kappa shape index (κ3) is 2.98. The molecule has 1 aliphatic rings. The molecule has 0 spiro atoms. The lowest BCUT2D eigenvalue weighted by Crippen LogP contribution is -2.28. The summed E-state index contributed by atoms with van der Waals surface area (Å²) in [5, 5.41) is 4.26. The fourth-order valence-corrected chi connectivity index (χ4v) is 3.73. The minimum absolute atomic E-state index is 0.209. The van der Waals surface area contributed by atoms with Gasteiger partial charge in [-0.3, -0.25) is 0 Å². The van der Waals surface area contributed by atoms with Gasteiger partial charge in [-0.25, -0.2) is 4.39 Å². The Morgan fingerprint density at radius 3 is 2.67 bits per heavy atom. The maximum atomic E-state index is 13.3. The summed E-state index contributed by atoms with van der Waals surface area (Å²) in [6.45, 7) is 2.29. The first-order chi connectivity index (χ1) is 10.2. The molecule has 21 heavy (non-hydrogen) atoms. The molecule has 3 heteroatoms. The van der Waals surface area contributed by atoms with Crippen molar-refractivity contribution in [2.75, 3.05) is 7.05 Å². The molecule has 2 nitrogen and oxygen atoms in total. The van der Waals surface area contributed by atoms with Crippen LogP contribution >= 0.6 is 0 Å². The zero-order valence-electron chi connectivity index (χ0n) is 12.9. The Kier molecular flexibility index (Phi) is 4.29. The molecule has 0 amide bonds. The van der Waals surface area contributed by atoms with Crippen molar-refractivity contribution in [3.8, 4) is 0 Å². The molecule has 1 aromatic carbocycles. The SMILES string of the molecule is CCC1CCC(C(NC)c2cc3cc(F)ccc3o2)CC1. The van der Waals surface area contributed by atoms with Gasteiger partial charge in [0.2, 0.25) is 0 Å². The number of furan rings is 1. The summed E-state index contributed by atoms with van der Waals surface area (Å²) in [5.74, 6) is 2.24. The number of hydrogen-bond acceptors (Lipinski definition) is 2. The summed E-state index contributed by atoms with van der Waals surface area (Å²) in [4.78, 5) is 0. The predicted octanol–water partition coefficient (Wildman–Crippen LogP) is 5.05. The third-order valence-electron chi connectivity index (χ3n) is 5.06. The standard InChI is InChI=1S/C18H24FNO/c1-3-12-4-6-13(7-5-12)18(20-2)17-11-14-10-15(19)8-9-16(14)21-17/h8-13,18,20H,3-7H2,1-2H3. The second-order valence-electron chi connectivity index (χ2n) is 6.29. The maximum absolute atomic E-state index is 13.3. The second kappa shape index (κ2) is 6.18. The molecular formula is C18H24FNO. The molecule has 2 aromatic rings. The van der Waals surface area contributed by atoms with Crippen LogP contribution in [0.1, 0.15) is 50.8 Å². The van der Waals surface area contributed by atoms with E-state index in [1.807, 2.05) is 13.1 Å². The van der Waals surface area contributed by atoms with Crippen LogP contribution in [0.25, 0.3) is 11.0 Å². The Morgan fingerprint density at radius 2 is 2.00 bits per heavy atom. The summed E-state index contributed by atoms with van der Waals surface area (Å²) in [6, 6.07) is 6.94. The first-order valence-electron chi connectivity index (χ1n) is 8.07. The molecule has 3 rings (SSSR count). The molecule has 114 valence electrons. The van der Waals surface area contributed by atoms with Crippen molar-refractivity contribution in [2.24, 2.45) is 11.8 Å². The van der Waals surface area contributed by atoms with Gasteiger partial charge in [-0.1, -0.05) is 26.2 Å². The molecule has 1 atom stereocenters. The van der Waals surface area contributed by atoms with E-state index in [4.69, 9.17) is 4.42 Å². The Balaban J connectivity index is 1.81. The molecule has 0 radical (unpaired) electrons. The van der Waals surface area contributed by atoms with Gasteiger partial charge in [0.1, 0.15) is 17.2 Å². The van der Waals surface area contributed by atoms with E-state index in [0.717, 1.165) is 22.6 Å². The van der Waals surface area contributed by atoms with Crippen LogP contribution < -0.4 is 5.32 Å². The highest BCUT2D eigenvalue weighted by molar-refractivity contribution is 5.78. The topological polar surface area (TPSA) is 25.2 Å². The molecule has 1 aromatic heterocycles. The van der Waals surface area contributed by atoms with E-state index in [9.17, 15) is 4.39 Å². The van der Waals surface area contributed by atoms with Gasteiger partial charge in [0, 0.05) is 5.39 Å². The average Bonchev–Trinajstić information content (AvgIpc) is 2.91. The summed E-state index contributed by atoms with van der Waals surface area (Å²) >= 11 is 0. The minimum Gasteiger partial charge on any atom is -0.459 e. The van der Waals surface area contributed by atoms with Gasteiger partial charge in [0.05, 0.1) is 6.04 Å². The highest BCUT2D eigenvalue weighted by atomic mass is 19.1. The molecule has 1 unspecified atom stereocenters. The lowest BCUT2D eigenvalue weighted by Gasteiger charge is -2.32. The molecule has 0 aliphatic heterocycles. The van der Waals surface area contributed by atoms with E-state index in [2.05, 4.69) is 12.2 Å². The Hall–Kier alpha value is -1.35. The number of rotatable bonds is 4. The molecule has 1 N–H and O–H groups in total. The van der Waals surface area contributed by atoms with Crippen LogP contribution in [-0.4, -0.2) is 7.05 Å². The Labute approximate surface area is 125 Å².